The minimum absolute atomic E-state index is 0.00200. The van der Waals surface area contributed by atoms with Gasteiger partial charge >= 0.3 is 24.0 Å². The Bertz CT molecular complexity index is 1600. The van der Waals surface area contributed by atoms with Crippen LogP contribution in [0.15, 0.2) is 61.2 Å². The Morgan fingerprint density at radius 1 is 0.654 bits per heavy atom. The molecule has 2 atom stereocenters. The molecule has 0 aliphatic rings. The van der Waals surface area contributed by atoms with Crippen molar-refractivity contribution >= 4 is 81.9 Å². The summed E-state index contributed by atoms with van der Waals surface area (Å²) in [7, 11) is 0. The van der Waals surface area contributed by atoms with Crippen LogP contribution >= 0.6 is 69.9 Å². The minimum atomic E-state index is -1.20. The minimum Gasteiger partial charge on any atom is -0.383 e. The molecule has 0 amide bonds. The van der Waals surface area contributed by atoms with Gasteiger partial charge in [-0.2, -0.15) is 23.5 Å². The molecule has 0 bridgehead atoms. The number of hydrogen-bond acceptors (Lipinski definition) is 8. The Kier molecular flexibility index (Phi) is 18.6. The second kappa shape index (κ2) is 22.8. The van der Waals surface area contributed by atoms with Crippen molar-refractivity contribution in [3.63, 3.8) is 0 Å². The first-order chi connectivity index (χ1) is 25.2. The second-order valence-electron chi connectivity index (χ2n) is 12.3. The second-order valence-corrected chi connectivity index (χ2v) is 16.6. The van der Waals surface area contributed by atoms with Crippen molar-refractivity contribution in [1.82, 2.24) is 19.1 Å². The summed E-state index contributed by atoms with van der Waals surface area (Å²) in [5.41, 5.74) is 2.00. The van der Waals surface area contributed by atoms with Gasteiger partial charge < -0.3 is 18.6 Å². The van der Waals surface area contributed by atoms with Gasteiger partial charge in [-0.3, -0.25) is 0 Å². The van der Waals surface area contributed by atoms with Crippen molar-refractivity contribution < 1.29 is 19.1 Å². The average molecular weight is 829 g/mol. The number of carbonyl (C=O) groups is 2. The quantitative estimate of drug-likeness (QED) is 0.0440. The number of imidazole rings is 2. The number of aromatic nitrogens is 4. The van der Waals surface area contributed by atoms with Crippen molar-refractivity contribution in [3.05, 3.63) is 92.4 Å². The molecule has 52 heavy (non-hydrogen) atoms. The number of benzene rings is 2. The van der Waals surface area contributed by atoms with Crippen LogP contribution in [0.5, 0.6) is 12.0 Å². The molecule has 0 N–H and O–H groups in total. The fraction of sp³-hybridized carbons (Fsp3) is 0.474. The highest BCUT2D eigenvalue weighted by Gasteiger charge is 2.25. The van der Waals surface area contributed by atoms with Gasteiger partial charge in [0.05, 0.1) is 0 Å². The highest BCUT2D eigenvalue weighted by atomic mass is 35.5. The van der Waals surface area contributed by atoms with Gasteiger partial charge in [0.15, 0.2) is 0 Å². The Labute approximate surface area is 335 Å². The molecular weight excluding hydrogens is 782 g/mol. The van der Waals surface area contributed by atoms with E-state index >= 15 is 0 Å². The Morgan fingerprint density at radius 2 is 1.08 bits per heavy atom. The van der Waals surface area contributed by atoms with Crippen molar-refractivity contribution in [2.75, 3.05) is 11.5 Å². The Balaban J connectivity index is 1.35. The summed E-state index contributed by atoms with van der Waals surface area (Å²) in [6.45, 7) is 5.34. The topological polar surface area (TPSA) is 88.2 Å². The van der Waals surface area contributed by atoms with Gasteiger partial charge in [-0.1, -0.05) is 111 Å². The summed E-state index contributed by atoms with van der Waals surface area (Å²) in [6.07, 6.45) is 17.2. The van der Waals surface area contributed by atoms with Gasteiger partial charge in [0.2, 0.25) is 0 Å². The maximum absolute atomic E-state index is 12.9. The third-order valence-electron chi connectivity index (χ3n) is 8.41. The van der Waals surface area contributed by atoms with E-state index in [1.807, 2.05) is 47.8 Å². The predicted octanol–water partition coefficient (Wildman–Crippen LogP) is 12.1. The normalized spacial score (nSPS) is 12.5. The molecule has 4 aromatic rings. The van der Waals surface area contributed by atoms with Crippen molar-refractivity contribution in [1.29, 1.82) is 0 Å². The molecule has 2 unspecified atom stereocenters. The molecule has 8 nitrogen and oxygen atoms in total. The molecule has 0 aliphatic carbocycles. The van der Waals surface area contributed by atoms with E-state index in [4.69, 9.17) is 55.9 Å². The number of nitrogens with zero attached hydrogens (tertiary/aromatic N) is 4. The van der Waals surface area contributed by atoms with E-state index < -0.39 is 11.9 Å². The average Bonchev–Trinajstić information content (AvgIpc) is 3.76. The van der Waals surface area contributed by atoms with Crippen molar-refractivity contribution in [2.24, 2.45) is 0 Å². The van der Waals surface area contributed by atoms with E-state index in [9.17, 15) is 9.59 Å². The highest BCUT2D eigenvalue weighted by Crippen LogP contribution is 2.40. The number of ether oxygens (including phenoxy) is 2. The fourth-order valence-corrected chi connectivity index (χ4v) is 9.43. The van der Waals surface area contributed by atoms with Crippen LogP contribution < -0.4 is 9.47 Å². The van der Waals surface area contributed by atoms with Gasteiger partial charge in [-0.25, -0.2) is 19.6 Å². The molecule has 0 aliphatic heterocycles. The first-order valence-corrected chi connectivity index (χ1v) is 21.4. The van der Waals surface area contributed by atoms with Crippen LogP contribution in [0.4, 0.5) is 0 Å². The molecular formula is C38H46Cl4N4O4S2. The molecule has 14 heteroatoms. The van der Waals surface area contributed by atoms with Crippen LogP contribution in [0.3, 0.4) is 0 Å². The molecule has 2 aromatic heterocycles. The van der Waals surface area contributed by atoms with Crippen LogP contribution in [0.2, 0.25) is 20.1 Å². The standard InChI is InChI=1S/C38H46Cl4N4O4S2/c1-3-5-7-9-23-51-33(29-13-11-27(39)25-31(29)41)15-19-45-21-17-43-37(45)49-35(47)36(48)50-38-44-18-22-46(38)20-16-34(52-24-10-8-6-4-2)30-14-12-28(40)26-32(30)42/h11-14,17-18,21-22,25-26,33-34H,3-10,15-16,19-20,23-24H2,1-2H3. The first-order valence-electron chi connectivity index (χ1n) is 17.8. The number of aryl methyl sites for hydroxylation is 2. The van der Waals surface area contributed by atoms with Crippen LogP contribution in [-0.2, 0) is 22.7 Å². The van der Waals surface area contributed by atoms with E-state index in [2.05, 4.69) is 23.8 Å². The SMILES string of the molecule is CCCCCCSC(CCn1ccnc1OC(=O)C(=O)Oc1nccn1CCC(SCCCCCC)c1ccc(Cl)cc1Cl)c1ccc(Cl)cc1Cl. The first kappa shape index (κ1) is 42.4. The lowest BCUT2D eigenvalue weighted by molar-refractivity contribution is -0.157. The molecule has 0 fully saturated rings. The molecule has 0 saturated heterocycles. The fourth-order valence-electron chi connectivity index (χ4n) is 5.59. The van der Waals surface area contributed by atoms with Crippen molar-refractivity contribution in [2.45, 2.75) is 102 Å². The zero-order valence-electron chi connectivity index (χ0n) is 29.6. The highest BCUT2D eigenvalue weighted by molar-refractivity contribution is 7.99. The number of halogens is 4. The number of carbonyl (C=O) groups excluding carboxylic acids is 2. The van der Waals surface area contributed by atoms with Gasteiger partial charge in [-0.15, -0.1) is 0 Å². The van der Waals surface area contributed by atoms with Crippen LogP contribution in [0.1, 0.15) is 99.7 Å². The smallest absolute Gasteiger partial charge is 0.383 e. The summed E-state index contributed by atoms with van der Waals surface area (Å²) >= 11 is 29.2. The zero-order valence-corrected chi connectivity index (χ0v) is 34.2. The van der Waals surface area contributed by atoms with E-state index in [1.165, 1.54) is 50.9 Å². The number of rotatable bonds is 22. The Morgan fingerprint density at radius 3 is 1.46 bits per heavy atom. The van der Waals surface area contributed by atoms with Gasteiger partial charge in [-0.05, 0) is 72.6 Å². The molecule has 2 aromatic carbocycles. The lowest BCUT2D eigenvalue weighted by Gasteiger charge is -2.20. The number of thioether (sulfide) groups is 2. The van der Waals surface area contributed by atoms with Gasteiger partial charge in [0.25, 0.3) is 0 Å². The van der Waals surface area contributed by atoms with Crippen LogP contribution in [0.25, 0.3) is 0 Å². The summed E-state index contributed by atoms with van der Waals surface area (Å²) in [4.78, 5) is 34.2. The third kappa shape index (κ3) is 13.5. The zero-order chi connectivity index (χ0) is 37.3. The maximum atomic E-state index is 12.9. The largest absolute Gasteiger partial charge is 0.425 e. The summed E-state index contributed by atoms with van der Waals surface area (Å²) in [6, 6.07) is 11.1. The van der Waals surface area contributed by atoms with E-state index in [1.54, 1.807) is 33.7 Å². The number of esters is 2. The molecule has 2 heterocycles. The van der Waals surface area contributed by atoms with Gasteiger partial charge in [0.1, 0.15) is 0 Å². The van der Waals surface area contributed by atoms with Crippen LogP contribution in [-0.4, -0.2) is 42.5 Å². The summed E-state index contributed by atoms with van der Waals surface area (Å²) in [5, 5.41) is 2.55. The maximum Gasteiger partial charge on any atom is 0.425 e. The molecule has 0 saturated carbocycles. The third-order valence-corrected chi connectivity index (χ3v) is 12.4. The molecule has 4 rings (SSSR count). The number of hydrogen-bond donors (Lipinski definition) is 0. The van der Waals surface area contributed by atoms with E-state index in [0.29, 0.717) is 46.0 Å². The molecule has 0 radical (unpaired) electrons. The van der Waals surface area contributed by atoms with Crippen LogP contribution in [0, 0.1) is 0 Å². The number of unbranched alkanes of at least 4 members (excludes halogenated alkanes) is 6. The summed E-state index contributed by atoms with van der Waals surface area (Å²) in [5.74, 6) is -0.412. The molecule has 0 spiro atoms. The van der Waals surface area contributed by atoms with E-state index in [-0.39, 0.29) is 22.5 Å². The lowest BCUT2D eigenvalue weighted by Crippen LogP contribution is -2.27. The van der Waals surface area contributed by atoms with Gasteiger partial charge in [0, 0.05) is 68.5 Å². The monoisotopic (exact) mass is 826 g/mol. The predicted molar refractivity (Wildman–Crippen MR) is 217 cm³/mol. The Hall–Kier alpha value is -2.34. The van der Waals surface area contributed by atoms with E-state index in [0.717, 1.165) is 35.5 Å². The van der Waals surface area contributed by atoms with Crippen molar-refractivity contribution in [3.8, 4) is 12.0 Å². The molecule has 282 valence electrons. The lowest BCUT2D eigenvalue weighted by atomic mass is 10.1. The summed E-state index contributed by atoms with van der Waals surface area (Å²) < 4.78 is 14.2.